The van der Waals surface area contributed by atoms with Crippen LogP contribution in [0.2, 0.25) is 0 Å². The third-order valence-electron chi connectivity index (χ3n) is 5.11. The smallest absolute Gasteiger partial charge is 0.226 e. The molecule has 0 bridgehead atoms. The summed E-state index contributed by atoms with van der Waals surface area (Å²) in [5, 5.41) is 0. The highest BCUT2D eigenvalue weighted by atomic mass is 79.9. The van der Waals surface area contributed by atoms with Gasteiger partial charge in [-0.25, -0.2) is 0 Å². The number of rotatable bonds is 5. The number of benzene rings is 2. The zero-order valence-corrected chi connectivity index (χ0v) is 16.4. The van der Waals surface area contributed by atoms with Crippen LogP contribution in [-0.4, -0.2) is 30.6 Å². The number of hydrogen-bond donors (Lipinski definition) is 0. The summed E-state index contributed by atoms with van der Waals surface area (Å²) in [5.74, 6) is 2.22. The van der Waals surface area contributed by atoms with E-state index >= 15 is 0 Å². The summed E-state index contributed by atoms with van der Waals surface area (Å²) in [7, 11) is 0. The first-order valence-electron chi connectivity index (χ1n) is 9.09. The molecule has 0 saturated heterocycles. The number of fused-ring (bicyclic) bond motifs is 1. The molecule has 1 heterocycles. The van der Waals surface area contributed by atoms with Crippen molar-refractivity contribution in [3.05, 3.63) is 58.1 Å². The van der Waals surface area contributed by atoms with Gasteiger partial charge in [-0.15, -0.1) is 0 Å². The van der Waals surface area contributed by atoms with Crippen molar-refractivity contribution >= 4 is 21.8 Å². The van der Waals surface area contributed by atoms with Crippen molar-refractivity contribution < 1.29 is 14.3 Å². The zero-order valence-electron chi connectivity index (χ0n) is 14.8. The number of halogens is 1. The fourth-order valence-corrected chi connectivity index (χ4v) is 3.85. The molecule has 2 aromatic rings. The van der Waals surface area contributed by atoms with Crippen molar-refractivity contribution in [3.8, 4) is 11.5 Å². The molecule has 2 aliphatic rings. The monoisotopic (exact) mass is 415 g/mol. The van der Waals surface area contributed by atoms with Crippen molar-refractivity contribution in [3.63, 3.8) is 0 Å². The number of ether oxygens (including phenoxy) is 2. The maximum absolute atomic E-state index is 13.0. The second kappa shape index (κ2) is 7.31. The number of hydrogen-bond acceptors (Lipinski definition) is 3. The van der Waals surface area contributed by atoms with Gasteiger partial charge in [-0.05, 0) is 43.0 Å². The van der Waals surface area contributed by atoms with Gasteiger partial charge in [0.2, 0.25) is 5.91 Å². The molecule has 1 aliphatic carbocycles. The molecule has 2 unspecified atom stereocenters. The van der Waals surface area contributed by atoms with E-state index in [1.54, 1.807) is 0 Å². The van der Waals surface area contributed by atoms with E-state index in [0.29, 0.717) is 32.2 Å². The Morgan fingerprint density at radius 1 is 1.15 bits per heavy atom. The third-order valence-corrected chi connectivity index (χ3v) is 5.64. The molecule has 5 heteroatoms. The highest BCUT2D eigenvalue weighted by Gasteiger charge is 2.45. The van der Waals surface area contributed by atoms with Gasteiger partial charge in [0, 0.05) is 29.0 Å². The van der Waals surface area contributed by atoms with Crippen LogP contribution < -0.4 is 9.47 Å². The van der Waals surface area contributed by atoms with E-state index in [-0.39, 0.29) is 11.8 Å². The van der Waals surface area contributed by atoms with Gasteiger partial charge < -0.3 is 14.4 Å². The normalized spacial score (nSPS) is 20.5. The molecule has 1 amide bonds. The van der Waals surface area contributed by atoms with Crippen molar-refractivity contribution in [2.24, 2.45) is 5.92 Å². The first-order chi connectivity index (χ1) is 12.7. The molecule has 136 valence electrons. The fraction of sp³-hybridized carbons (Fsp3) is 0.381. The van der Waals surface area contributed by atoms with Gasteiger partial charge in [0.05, 0.1) is 0 Å². The highest BCUT2D eigenvalue weighted by Crippen LogP contribution is 2.49. The minimum Gasteiger partial charge on any atom is -0.486 e. The Morgan fingerprint density at radius 3 is 2.69 bits per heavy atom. The van der Waals surface area contributed by atoms with E-state index in [1.165, 1.54) is 5.56 Å². The molecule has 2 atom stereocenters. The number of para-hydroxylation sites is 1. The maximum atomic E-state index is 13.0. The summed E-state index contributed by atoms with van der Waals surface area (Å²) in [6.07, 6.45) is 0.934. The van der Waals surface area contributed by atoms with Gasteiger partial charge in [0.15, 0.2) is 11.5 Å². The number of carbonyl (C=O) groups is 1. The van der Waals surface area contributed by atoms with Gasteiger partial charge in [-0.1, -0.05) is 40.2 Å². The minimum absolute atomic E-state index is 0.0906. The molecule has 0 aromatic heterocycles. The summed E-state index contributed by atoms with van der Waals surface area (Å²) in [4.78, 5) is 14.9. The van der Waals surface area contributed by atoms with Crippen LogP contribution in [0.1, 0.15) is 30.4 Å². The van der Waals surface area contributed by atoms with Crippen LogP contribution in [0.25, 0.3) is 0 Å². The van der Waals surface area contributed by atoms with Crippen molar-refractivity contribution in [1.82, 2.24) is 4.90 Å². The van der Waals surface area contributed by atoms with Gasteiger partial charge in [-0.3, -0.25) is 4.79 Å². The van der Waals surface area contributed by atoms with Crippen LogP contribution in [-0.2, 0) is 11.3 Å². The molecule has 0 spiro atoms. The molecule has 1 saturated carbocycles. The fourth-order valence-electron chi connectivity index (χ4n) is 3.59. The first kappa shape index (κ1) is 17.4. The Hall–Kier alpha value is -2.01. The van der Waals surface area contributed by atoms with Gasteiger partial charge in [0.1, 0.15) is 13.2 Å². The summed E-state index contributed by atoms with van der Waals surface area (Å²) in [5.41, 5.74) is 2.26. The van der Waals surface area contributed by atoms with Crippen LogP contribution in [0, 0.1) is 5.92 Å². The molecule has 0 N–H and O–H groups in total. The lowest BCUT2D eigenvalue weighted by molar-refractivity contribution is -0.133. The lowest BCUT2D eigenvalue weighted by Crippen LogP contribution is -2.32. The Morgan fingerprint density at radius 2 is 1.92 bits per heavy atom. The Balaban J connectivity index is 1.46. The summed E-state index contributed by atoms with van der Waals surface area (Å²) < 4.78 is 12.5. The first-order valence-corrected chi connectivity index (χ1v) is 9.88. The molecule has 4 rings (SSSR count). The molecule has 0 radical (unpaired) electrons. The van der Waals surface area contributed by atoms with Gasteiger partial charge in [-0.2, -0.15) is 0 Å². The molecule has 1 fully saturated rings. The number of amides is 1. The second-order valence-corrected chi connectivity index (χ2v) is 7.71. The minimum atomic E-state index is 0.0906. The third kappa shape index (κ3) is 3.45. The van der Waals surface area contributed by atoms with E-state index < -0.39 is 0 Å². The lowest BCUT2D eigenvalue weighted by Gasteiger charge is -2.25. The van der Waals surface area contributed by atoms with E-state index in [4.69, 9.17) is 9.47 Å². The molecular weight excluding hydrogens is 394 g/mol. The number of nitrogens with zero attached hydrogens (tertiary/aromatic N) is 1. The van der Waals surface area contributed by atoms with Crippen LogP contribution in [0.15, 0.2) is 46.9 Å². The predicted molar refractivity (Wildman–Crippen MR) is 104 cm³/mol. The largest absolute Gasteiger partial charge is 0.486 e. The summed E-state index contributed by atoms with van der Waals surface area (Å²) in [6.45, 7) is 4.40. The molecule has 2 aromatic carbocycles. The topological polar surface area (TPSA) is 38.8 Å². The van der Waals surface area contributed by atoms with E-state index in [1.807, 2.05) is 42.2 Å². The van der Waals surface area contributed by atoms with Crippen molar-refractivity contribution in [1.29, 1.82) is 0 Å². The summed E-state index contributed by atoms with van der Waals surface area (Å²) in [6, 6.07) is 14.2. The van der Waals surface area contributed by atoms with Crippen LogP contribution in [0.3, 0.4) is 0 Å². The Bertz CT molecular complexity index is 805. The molecular formula is C21H22BrNO3. The van der Waals surface area contributed by atoms with Crippen molar-refractivity contribution in [2.45, 2.75) is 25.8 Å². The summed E-state index contributed by atoms with van der Waals surface area (Å²) >= 11 is 3.46. The quantitative estimate of drug-likeness (QED) is 0.727. The van der Waals surface area contributed by atoms with E-state index in [0.717, 1.165) is 28.0 Å². The van der Waals surface area contributed by atoms with Crippen molar-refractivity contribution in [2.75, 3.05) is 19.8 Å². The van der Waals surface area contributed by atoms with Gasteiger partial charge in [0.25, 0.3) is 0 Å². The van der Waals surface area contributed by atoms with Gasteiger partial charge >= 0.3 is 0 Å². The standard InChI is InChI=1S/C21H22BrNO3/c1-2-23(13-15-4-3-5-19-20(15)26-11-10-25-19)21(24)18-12-17(18)14-6-8-16(22)9-7-14/h3-9,17-18H,2,10-13H2,1H3. The Labute approximate surface area is 162 Å². The van der Waals surface area contributed by atoms with E-state index in [9.17, 15) is 4.79 Å². The zero-order chi connectivity index (χ0) is 18.1. The molecule has 26 heavy (non-hydrogen) atoms. The van der Waals surface area contributed by atoms with E-state index in [2.05, 4.69) is 28.1 Å². The lowest BCUT2D eigenvalue weighted by atomic mass is 10.1. The molecule has 1 aliphatic heterocycles. The SMILES string of the molecule is CCN(Cc1cccc2c1OCCO2)C(=O)C1CC1c1ccc(Br)cc1. The van der Waals surface area contributed by atoms with Crippen LogP contribution in [0.4, 0.5) is 0 Å². The highest BCUT2D eigenvalue weighted by molar-refractivity contribution is 9.10. The number of carbonyl (C=O) groups excluding carboxylic acids is 1. The average Bonchev–Trinajstić information content (AvgIpc) is 3.47. The Kier molecular flexibility index (Phi) is 4.90. The predicted octanol–water partition coefficient (Wildman–Crippen LogP) is 4.37. The second-order valence-electron chi connectivity index (χ2n) is 6.79. The average molecular weight is 416 g/mol. The van der Waals surface area contributed by atoms with Crippen LogP contribution in [0.5, 0.6) is 11.5 Å². The maximum Gasteiger partial charge on any atom is 0.226 e. The van der Waals surface area contributed by atoms with Crippen LogP contribution >= 0.6 is 15.9 Å². The molecule has 4 nitrogen and oxygen atoms in total.